The van der Waals surface area contributed by atoms with Crippen molar-refractivity contribution >= 4 is 23.2 Å². The summed E-state index contributed by atoms with van der Waals surface area (Å²) in [5.74, 6) is -0.383. The van der Waals surface area contributed by atoms with Crippen LogP contribution < -0.4 is 10.6 Å². The van der Waals surface area contributed by atoms with E-state index in [1.54, 1.807) is 16.2 Å². The number of carbonyl (C=O) groups excluding carboxylic acids is 2. The van der Waals surface area contributed by atoms with Crippen LogP contribution in [0.2, 0.25) is 0 Å². The topological polar surface area (TPSA) is 94.6 Å². The first-order valence-electron chi connectivity index (χ1n) is 11.9. The number of amides is 2. The van der Waals surface area contributed by atoms with Crippen molar-refractivity contribution in [1.29, 1.82) is 0 Å². The molecule has 0 radical (unpaired) electrons. The number of nitrogens with zero attached hydrogens (tertiary/aromatic N) is 2. The van der Waals surface area contributed by atoms with Crippen molar-refractivity contribution < 1.29 is 14.7 Å². The van der Waals surface area contributed by atoms with Crippen LogP contribution in [-0.4, -0.2) is 57.6 Å². The molecule has 3 N–H and O–H groups in total. The third-order valence-electron chi connectivity index (χ3n) is 6.25. The normalized spacial score (nSPS) is 20.4. The molecule has 1 aliphatic heterocycles. The Hall–Kier alpha value is -2.29. The Morgan fingerprint density at radius 2 is 1.82 bits per heavy atom. The number of aliphatic hydroxyl groups excluding tert-OH is 1. The van der Waals surface area contributed by atoms with E-state index >= 15 is 0 Å². The average molecular weight is 487 g/mol. The van der Waals surface area contributed by atoms with Gasteiger partial charge in [0.1, 0.15) is 6.04 Å². The molecule has 0 spiro atoms. The molecule has 1 aromatic carbocycles. The van der Waals surface area contributed by atoms with E-state index in [0.29, 0.717) is 0 Å². The Kier molecular flexibility index (Phi) is 8.16. The van der Waals surface area contributed by atoms with Crippen molar-refractivity contribution in [3.8, 4) is 10.4 Å². The molecule has 1 saturated heterocycles. The lowest BCUT2D eigenvalue weighted by Crippen LogP contribution is -2.57. The van der Waals surface area contributed by atoms with E-state index in [0.717, 1.165) is 21.7 Å². The van der Waals surface area contributed by atoms with Crippen molar-refractivity contribution in [3.05, 3.63) is 41.0 Å². The zero-order valence-corrected chi connectivity index (χ0v) is 22.1. The first-order valence-corrected chi connectivity index (χ1v) is 12.8. The number of β-amino-alcohol motifs (C(OH)–C–C–N with tert-alkyl or cyclic N) is 1. The molecule has 8 heteroatoms. The smallest absolute Gasteiger partial charge is 0.243 e. The third-order valence-corrected chi connectivity index (χ3v) is 7.23. The second-order valence-corrected chi connectivity index (χ2v) is 11.5. The molecule has 186 valence electrons. The Labute approximate surface area is 207 Å². The molecular formula is C26H38N4O3S. The fraction of sp³-hybridized carbons (Fsp3) is 0.577. The van der Waals surface area contributed by atoms with Gasteiger partial charge in [-0.3, -0.25) is 9.59 Å². The lowest BCUT2D eigenvalue weighted by atomic mass is 9.85. The Bertz CT molecular complexity index is 996. The van der Waals surface area contributed by atoms with E-state index in [1.807, 2.05) is 78.2 Å². The summed E-state index contributed by atoms with van der Waals surface area (Å²) in [6.45, 7) is 14.1. The lowest BCUT2D eigenvalue weighted by molar-refractivity contribution is -0.142. The van der Waals surface area contributed by atoms with Crippen molar-refractivity contribution in [1.82, 2.24) is 20.5 Å². The molecule has 34 heavy (non-hydrogen) atoms. The van der Waals surface area contributed by atoms with Crippen LogP contribution in [0.15, 0.2) is 29.8 Å². The first kappa shape index (κ1) is 26.3. The van der Waals surface area contributed by atoms with Crippen molar-refractivity contribution in [2.75, 3.05) is 6.54 Å². The van der Waals surface area contributed by atoms with Gasteiger partial charge in [0.05, 0.1) is 34.3 Å². The second-order valence-electron chi connectivity index (χ2n) is 10.6. The molecule has 0 unspecified atom stereocenters. The van der Waals surface area contributed by atoms with Crippen molar-refractivity contribution in [2.45, 2.75) is 85.2 Å². The summed E-state index contributed by atoms with van der Waals surface area (Å²) in [5.41, 5.74) is 4.59. The number of aryl methyl sites for hydroxylation is 1. The number of aliphatic hydroxyl groups is 1. The minimum Gasteiger partial charge on any atom is -0.391 e. The van der Waals surface area contributed by atoms with Gasteiger partial charge < -0.3 is 20.6 Å². The zero-order valence-electron chi connectivity index (χ0n) is 21.3. The summed E-state index contributed by atoms with van der Waals surface area (Å²) in [4.78, 5) is 33.7. The largest absolute Gasteiger partial charge is 0.391 e. The van der Waals surface area contributed by atoms with Crippen molar-refractivity contribution in [3.63, 3.8) is 0 Å². The number of rotatable bonds is 7. The summed E-state index contributed by atoms with van der Waals surface area (Å²) in [6.07, 6.45) is -0.469. The number of carbonyl (C=O) groups is 2. The van der Waals surface area contributed by atoms with Gasteiger partial charge in [-0.15, -0.1) is 11.3 Å². The fourth-order valence-electron chi connectivity index (χ4n) is 4.39. The Morgan fingerprint density at radius 1 is 1.18 bits per heavy atom. The van der Waals surface area contributed by atoms with Crippen LogP contribution >= 0.6 is 11.3 Å². The number of thiazole rings is 1. The maximum atomic E-state index is 13.5. The van der Waals surface area contributed by atoms with Gasteiger partial charge in [-0.05, 0) is 30.4 Å². The Balaban J connectivity index is 1.72. The molecule has 1 fully saturated rings. The highest BCUT2D eigenvalue weighted by atomic mass is 32.1. The van der Waals surface area contributed by atoms with E-state index in [9.17, 15) is 14.7 Å². The van der Waals surface area contributed by atoms with Gasteiger partial charge in [0.15, 0.2) is 0 Å². The molecule has 3 rings (SSSR count). The van der Waals surface area contributed by atoms with Crippen LogP contribution in [0.1, 0.15) is 65.3 Å². The molecule has 2 amide bonds. The minimum absolute atomic E-state index is 0.115. The molecule has 0 saturated carbocycles. The predicted octanol–water partition coefficient (Wildman–Crippen LogP) is 3.67. The molecule has 2 aromatic rings. The first-order chi connectivity index (χ1) is 15.9. The van der Waals surface area contributed by atoms with E-state index in [4.69, 9.17) is 0 Å². The Morgan fingerprint density at radius 3 is 2.35 bits per heavy atom. The summed E-state index contributed by atoms with van der Waals surface area (Å²) in [5, 5.41) is 16.7. The number of nitrogens with one attached hydrogen (secondary N) is 2. The number of aromatic nitrogens is 1. The summed E-state index contributed by atoms with van der Waals surface area (Å²) in [7, 11) is 0. The van der Waals surface area contributed by atoms with Crippen LogP contribution in [-0.2, 0) is 9.59 Å². The number of hydrogen-bond acceptors (Lipinski definition) is 6. The molecule has 1 aliphatic rings. The molecule has 1 aromatic heterocycles. The SMILES string of the molecule is Cc1ncsc1-c1ccc([C@H](C)NC(=O)[C@@H]2C[C@H](O)CN2C(=O)[C@@H](NC(C)C)C(C)(C)C)cc1. The third kappa shape index (κ3) is 6.03. The minimum atomic E-state index is -0.711. The summed E-state index contributed by atoms with van der Waals surface area (Å²) in [6, 6.07) is 6.84. The highest BCUT2D eigenvalue weighted by Crippen LogP contribution is 2.29. The van der Waals surface area contributed by atoms with Gasteiger partial charge in [-0.25, -0.2) is 4.98 Å². The van der Waals surface area contributed by atoms with Crippen LogP contribution in [0.25, 0.3) is 10.4 Å². The monoisotopic (exact) mass is 486 g/mol. The van der Waals surface area contributed by atoms with E-state index in [2.05, 4.69) is 15.6 Å². The van der Waals surface area contributed by atoms with Gasteiger partial charge >= 0.3 is 0 Å². The van der Waals surface area contributed by atoms with Crippen molar-refractivity contribution in [2.24, 2.45) is 5.41 Å². The molecule has 2 heterocycles. The van der Waals surface area contributed by atoms with Gasteiger partial charge in [0, 0.05) is 19.0 Å². The van der Waals surface area contributed by atoms with E-state index < -0.39 is 18.2 Å². The average Bonchev–Trinajstić information content (AvgIpc) is 3.36. The van der Waals surface area contributed by atoms with Gasteiger partial charge in [-0.2, -0.15) is 0 Å². The molecular weight excluding hydrogens is 448 g/mol. The van der Waals surface area contributed by atoms with Crippen LogP contribution in [0, 0.1) is 12.3 Å². The van der Waals surface area contributed by atoms with Crippen LogP contribution in [0.5, 0.6) is 0 Å². The quantitative estimate of drug-likeness (QED) is 0.555. The maximum absolute atomic E-state index is 13.5. The molecule has 4 atom stereocenters. The fourth-order valence-corrected chi connectivity index (χ4v) is 5.20. The maximum Gasteiger partial charge on any atom is 0.243 e. The van der Waals surface area contributed by atoms with Gasteiger partial charge in [0.2, 0.25) is 11.8 Å². The number of benzene rings is 1. The molecule has 0 bridgehead atoms. The predicted molar refractivity (Wildman–Crippen MR) is 136 cm³/mol. The highest BCUT2D eigenvalue weighted by molar-refractivity contribution is 7.13. The summed E-state index contributed by atoms with van der Waals surface area (Å²) < 4.78 is 0. The number of likely N-dealkylation sites (tertiary alicyclic amines) is 1. The molecule has 7 nitrogen and oxygen atoms in total. The molecule has 0 aliphatic carbocycles. The lowest BCUT2D eigenvalue weighted by Gasteiger charge is -2.36. The number of hydrogen-bond donors (Lipinski definition) is 3. The zero-order chi connectivity index (χ0) is 25.2. The van der Waals surface area contributed by atoms with E-state index in [-0.39, 0.29) is 42.3 Å². The van der Waals surface area contributed by atoms with Crippen LogP contribution in [0.4, 0.5) is 0 Å². The van der Waals surface area contributed by atoms with Gasteiger partial charge in [-0.1, -0.05) is 58.9 Å². The van der Waals surface area contributed by atoms with Gasteiger partial charge in [0.25, 0.3) is 0 Å². The highest BCUT2D eigenvalue weighted by Gasteiger charge is 2.44. The van der Waals surface area contributed by atoms with Crippen LogP contribution in [0.3, 0.4) is 0 Å². The second kappa shape index (κ2) is 10.5. The van der Waals surface area contributed by atoms with E-state index in [1.165, 1.54) is 0 Å². The summed E-state index contributed by atoms with van der Waals surface area (Å²) >= 11 is 1.61. The standard InChI is InChI=1S/C26H38N4O3S/c1-15(2)28-23(26(5,6)7)25(33)30-13-20(31)12-21(30)24(32)29-16(3)18-8-10-19(11-9-18)22-17(4)27-14-34-22/h8-11,14-16,20-21,23,28,31H,12-13H2,1-7H3,(H,29,32)/t16-,20-,21-,23+/m0/s1.